The fourth-order valence-electron chi connectivity index (χ4n) is 7.66. The van der Waals surface area contributed by atoms with Gasteiger partial charge in [-0.2, -0.15) is 0 Å². The maximum Gasteiger partial charge on any atom is 0.411 e. The van der Waals surface area contributed by atoms with Crippen molar-refractivity contribution >= 4 is 53.2 Å². The van der Waals surface area contributed by atoms with Crippen LogP contribution in [0, 0.1) is 32.1 Å². The minimum absolute atomic E-state index is 0.0402. The fourth-order valence-corrected chi connectivity index (χ4v) is 7.66. The van der Waals surface area contributed by atoms with E-state index < -0.39 is 86.7 Å². The lowest BCUT2D eigenvalue weighted by Crippen LogP contribution is -2.53. The monoisotopic (exact) mass is 934 g/mol. The number of nitro groups is 2. The van der Waals surface area contributed by atoms with Gasteiger partial charge in [-0.1, -0.05) is 12.2 Å². The summed E-state index contributed by atoms with van der Waals surface area (Å²) < 4.78 is 26.6. The molecule has 3 N–H and O–H groups in total. The maximum absolute atomic E-state index is 13.3. The molecule has 67 heavy (non-hydrogen) atoms. The number of nitrogens with one attached hydrogen (secondary N) is 3. The molecule has 360 valence electrons. The highest BCUT2D eigenvalue weighted by atomic mass is 16.6. The first kappa shape index (κ1) is 50.8. The Morgan fingerprint density at radius 1 is 0.746 bits per heavy atom. The summed E-state index contributed by atoms with van der Waals surface area (Å²) in [4.78, 5) is 110. The minimum Gasteiger partial charge on any atom is -0.464 e. The molecular formula is C45H54N6O16. The first-order valence-corrected chi connectivity index (χ1v) is 21.5. The molecule has 2 aromatic rings. The van der Waals surface area contributed by atoms with Crippen molar-refractivity contribution < 1.29 is 67.1 Å². The Labute approximate surface area is 385 Å². The first-order chi connectivity index (χ1) is 31.6. The molecular weight excluding hydrogens is 881 g/mol. The number of non-ortho nitro benzene ring substituents is 2. The SMILES string of the molecule is C=C[C@@H]1C[C@]1(NC(=O)[C@@H]1C[C@@H](OC(=O)c2ccc([N+](=O)[O-])cc2)CN1)C(=O)OCC.C=C[C@@H]1C[C@]1(NC(=O)[C@@H]1C[C@@H](OC(=O)c2ccc([N+](=O)[O-])cc2)CN1C(=O)OC(C)(C)C)C(=O)OCC. The Morgan fingerprint density at radius 3 is 1.60 bits per heavy atom. The molecule has 0 spiro atoms. The number of nitrogens with zero attached hydrogens (tertiary/aromatic N) is 3. The topological polar surface area (TPSA) is 291 Å². The van der Waals surface area contributed by atoms with Gasteiger partial charge in [-0.25, -0.2) is 24.0 Å². The predicted molar refractivity (Wildman–Crippen MR) is 234 cm³/mol. The summed E-state index contributed by atoms with van der Waals surface area (Å²) in [6, 6.07) is 8.24. The van der Waals surface area contributed by atoms with Crippen LogP contribution in [0.1, 0.15) is 81.0 Å². The van der Waals surface area contributed by atoms with Gasteiger partial charge in [-0.05, 0) is 71.7 Å². The Hall–Kier alpha value is -7.23. The molecule has 2 saturated heterocycles. The van der Waals surface area contributed by atoms with E-state index in [-0.39, 0.29) is 79.4 Å². The minimum atomic E-state index is -1.26. The zero-order valence-electron chi connectivity index (χ0n) is 37.7. The van der Waals surface area contributed by atoms with Gasteiger partial charge in [0.2, 0.25) is 11.8 Å². The second-order valence-electron chi connectivity index (χ2n) is 17.2. The molecule has 4 aliphatic rings. The highest BCUT2D eigenvalue weighted by molar-refractivity contribution is 5.96. The lowest BCUT2D eigenvalue weighted by atomic mass is 10.1. The van der Waals surface area contributed by atoms with Crippen LogP contribution in [0.2, 0.25) is 0 Å². The number of amides is 3. The molecule has 2 aliphatic heterocycles. The van der Waals surface area contributed by atoms with E-state index in [1.165, 1.54) is 53.4 Å². The van der Waals surface area contributed by atoms with E-state index in [1.54, 1.807) is 46.8 Å². The van der Waals surface area contributed by atoms with Crippen molar-refractivity contribution in [3.8, 4) is 0 Å². The number of rotatable bonds is 16. The molecule has 3 amide bonds. The smallest absolute Gasteiger partial charge is 0.411 e. The zero-order valence-corrected chi connectivity index (χ0v) is 37.7. The van der Waals surface area contributed by atoms with E-state index in [1.807, 2.05) is 0 Å². The Kier molecular flexibility index (Phi) is 15.9. The molecule has 22 nitrogen and oxygen atoms in total. The summed E-state index contributed by atoms with van der Waals surface area (Å²) in [5, 5.41) is 30.0. The molecule has 0 bridgehead atoms. The highest BCUT2D eigenvalue weighted by Crippen LogP contribution is 2.46. The Morgan fingerprint density at radius 2 is 1.19 bits per heavy atom. The van der Waals surface area contributed by atoms with Crippen LogP contribution in [0.15, 0.2) is 73.8 Å². The molecule has 22 heteroatoms. The van der Waals surface area contributed by atoms with Gasteiger partial charge in [0.05, 0.1) is 46.8 Å². The normalized spacial score (nSPS) is 25.7. The molecule has 6 rings (SSSR count). The second-order valence-corrected chi connectivity index (χ2v) is 17.2. The number of ether oxygens (including phenoxy) is 5. The maximum atomic E-state index is 13.3. The van der Waals surface area contributed by atoms with Gasteiger partial charge in [0.1, 0.15) is 34.9 Å². The van der Waals surface area contributed by atoms with Crippen LogP contribution in [0.4, 0.5) is 16.2 Å². The van der Waals surface area contributed by atoms with Crippen molar-refractivity contribution in [1.82, 2.24) is 20.9 Å². The van der Waals surface area contributed by atoms with Crippen molar-refractivity contribution in [2.75, 3.05) is 26.3 Å². The average molecular weight is 935 g/mol. The molecule has 2 saturated carbocycles. The molecule has 0 radical (unpaired) electrons. The molecule has 8 atom stereocenters. The van der Waals surface area contributed by atoms with E-state index in [4.69, 9.17) is 23.7 Å². The molecule has 2 heterocycles. The van der Waals surface area contributed by atoms with Crippen molar-refractivity contribution in [1.29, 1.82) is 0 Å². The van der Waals surface area contributed by atoms with Crippen LogP contribution in [0.3, 0.4) is 0 Å². The van der Waals surface area contributed by atoms with Crippen LogP contribution in [-0.2, 0) is 42.9 Å². The van der Waals surface area contributed by atoms with E-state index in [9.17, 15) is 53.8 Å². The van der Waals surface area contributed by atoms with Gasteiger partial charge >= 0.3 is 30.0 Å². The molecule has 0 aromatic heterocycles. The van der Waals surface area contributed by atoms with E-state index >= 15 is 0 Å². The lowest BCUT2D eigenvalue weighted by molar-refractivity contribution is -0.385. The molecule has 2 aliphatic carbocycles. The van der Waals surface area contributed by atoms with Crippen molar-refractivity contribution in [2.24, 2.45) is 11.8 Å². The fraction of sp³-hybridized carbons (Fsp3) is 0.489. The molecule has 2 aromatic carbocycles. The number of esters is 4. The summed E-state index contributed by atoms with van der Waals surface area (Å²) in [7, 11) is 0. The number of benzene rings is 2. The lowest BCUT2D eigenvalue weighted by Gasteiger charge is -2.28. The predicted octanol–water partition coefficient (Wildman–Crippen LogP) is 3.86. The molecule has 4 fully saturated rings. The van der Waals surface area contributed by atoms with Gasteiger partial charge in [-0.15, -0.1) is 13.2 Å². The van der Waals surface area contributed by atoms with E-state index in [0.717, 1.165) is 0 Å². The van der Waals surface area contributed by atoms with Gasteiger partial charge in [0.25, 0.3) is 11.4 Å². The average Bonchev–Trinajstić information content (AvgIpc) is 4.04. The second kappa shape index (κ2) is 20.9. The van der Waals surface area contributed by atoms with Gasteiger partial charge in [0.15, 0.2) is 0 Å². The van der Waals surface area contributed by atoms with Gasteiger partial charge in [0, 0.05) is 55.5 Å². The number of hydrogen-bond donors (Lipinski definition) is 3. The number of nitro benzene ring substituents is 2. The van der Waals surface area contributed by atoms with Gasteiger partial charge < -0.3 is 39.6 Å². The van der Waals surface area contributed by atoms with Crippen LogP contribution in [0.5, 0.6) is 0 Å². The summed E-state index contributed by atoms with van der Waals surface area (Å²) in [6.45, 7) is 16.3. The van der Waals surface area contributed by atoms with Gasteiger partial charge in [-0.3, -0.25) is 34.7 Å². The third-order valence-corrected chi connectivity index (χ3v) is 11.3. The van der Waals surface area contributed by atoms with Crippen LogP contribution >= 0.6 is 0 Å². The Balaban J connectivity index is 0.000000256. The number of likely N-dealkylation sites (tertiary alicyclic amines) is 1. The summed E-state index contributed by atoms with van der Waals surface area (Å²) >= 11 is 0. The summed E-state index contributed by atoms with van der Waals surface area (Å²) in [6.07, 6.45) is 1.95. The number of carbonyl (C=O) groups is 7. The zero-order chi connectivity index (χ0) is 49.4. The van der Waals surface area contributed by atoms with E-state index in [0.29, 0.717) is 12.8 Å². The van der Waals surface area contributed by atoms with Crippen LogP contribution in [0.25, 0.3) is 0 Å². The van der Waals surface area contributed by atoms with Crippen molar-refractivity contribution in [3.05, 3.63) is 105 Å². The van der Waals surface area contributed by atoms with E-state index in [2.05, 4.69) is 29.1 Å². The summed E-state index contributed by atoms with van der Waals surface area (Å²) in [5.74, 6) is -3.95. The van der Waals surface area contributed by atoms with Crippen LogP contribution in [-0.4, -0.2) is 124 Å². The largest absolute Gasteiger partial charge is 0.464 e. The number of hydrogen-bond acceptors (Lipinski definition) is 17. The third kappa shape index (κ3) is 12.2. The van der Waals surface area contributed by atoms with Crippen molar-refractivity contribution in [3.63, 3.8) is 0 Å². The Bertz CT molecular complexity index is 2280. The highest BCUT2D eigenvalue weighted by Gasteiger charge is 2.63. The third-order valence-electron chi connectivity index (χ3n) is 11.3. The van der Waals surface area contributed by atoms with Crippen molar-refractivity contribution in [2.45, 2.75) is 101 Å². The number of carbonyl (C=O) groups excluding carboxylic acids is 7. The molecule has 0 unspecified atom stereocenters. The first-order valence-electron chi connectivity index (χ1n) is 21.5. The standard InChI is InChI=1S/C25H31N3O9.C20H23N3O7/c1-6-16-13-25(16,22(31)35-7-2)26-20(29)19-12-18(14-27(19)23(32)37-24(3,4)5)36-21(30)15-8-10-17(11-9-15)28(33)34;1-3-13-10-20(13,19(26)29-4-2)22-17(24)16-9-15(11-21-16)30-18(25)12-5-7-14(8-6-12)23(27)28/h6,8-11,16,18-19H,1,7,12-14H2,2-5H3,(H,26,29);3,5-8,13,15-16,21H,1,4,9-11H2,2H3,(H,22,24)/t16-,18-,19+,25-;13-,15-,16+,20-/m11/s1. The summed E-state index contributed by atoms with van der Waals surface area (Å²) in [5.41, 5.74) is -3.23. The quantitative estimate of drug-likeness (QED) is 0.0708. The van der Waals surface area contributed by atoms with Crippen LogP contribution < -0.4 is 16.0 Å².